The molecule has 72 valence electrons. The van der Waals surface area contributed by atoms with E-state index in [2.05, 4.69) is 33.2 Å². The molecule has 1 fully saturated rings. The minimum absolute atomic E-state index is 0.733. The van der Waals surface area contributed by atoms with Crippen molar-refractivity contribution in [2.45, 2.75) is 37.4 Å². The molecule has 1 saturated carbocycles. The van der Waals surface area contributed by atoms with Crippen LogP contribution >= 0.6 is 27.3 Å². The topological polar surface area (TPSA) is 12.9 Å². The zero-order chi connectivity index (χ0) is 9.26. The van der Waals surface area contributed by atoms with Gasteiger partial charge >= 0.3 is 0 Å². The molecular formula is C10H14BrNS. The summed E-state index contributed by atoms with van der Waals surface area (Å²) >= 11 is 5.54. The average molecular weight is 260 g/mol. The fraction of sp³-hybridized carbons (Fsp3) is 0.700. The van der Waals surface area contributed by atoms with Gasteiger partial charge in [-0.2, -0.15) is 0 Å². The predicted octanol–water partition coefficient (Wildman–Crippen LogP) is 3.56. The molecule has 1 heterocycles. The van der Waals surface area contributed by atoms with Crippen LogP contribution in [-0.4, -0.2) is 9.81 Å². The van der Waals surface area contributed by atoms with E-state index in [1.54, 1.807) is 11.3 Å². The van der Waals surface area contributed by atoms with E-state index >= 15 is 0 Å². The second kappa shape index (κ2) is 4.09. The number of nitrogens with zero attached hydrogens (tertiary/aromatic N) is 1. The Balaban J connectivity index is 1.78. The molecule has 0 spiro atoms. The van der Waals surface area contributed by atoms with Gasteiger partial charge in [0.05, 0.1) is 5.01 Å². The second-order valence-corrected chi connectivity index (χ2v) is 5.89. The maximum Gasteiger partial charge on any atom is 0.0928 e. The smallest absolute Gasteiger partial charge is 0.0928 e. The first kappa shape index (κ1) is 9.66. The highest BCUT2D eigenvalue weighted by atomic mass is 79.9. The van der Waals surface area contributed by atoms with Gasteiger partial charge in [-0.15, -0.1) is 11.3 Å². The van der Waals surface area contributed by atoms with Crippen molar-refractivity contribution in [3.05, 3.63) is 16.1 Å². The molecule has 0 saturated heterocycles. The number of hydrogen-bond acceptors (Lipinski definition) is 2. The summed E-state index contributed by atoms with van der Waals surface area (Å²) in [6.45, 7) is 2.06. The molecule has 1 atom stereocenters. The van der Waals surface area contributed by atoms with Gasteiger partial charge in [0, 0.05) is 22.3 Å². The average Bonchev–Trinajstić information content (AvgIpc) is 2.87. The molecular weight excluding hydrogens is 246 g/mol. The molecule has 0 radical (unpaired) electrons. The Bertz CT molecular complexity index is 280. The van der Waals surface area contributed by atoms with Gasteiger partial charge in [0.15, 0.2) is 0 Å². The van der Waals surface area contributed by atoms with Gasteiger partial charge in [-0.25, -0.2) is 4.98 Å². The lowest BCUT2D eigenvalue weighted by molar-refractivity contribution is 0.694. The lowest BCUT2D eigenvalue weighted by atomic mass is 10.2. The number of hydrogen-bond donors (Lipinski definition) is 0. The molecule has 1 aromatic heterocycles. The summed E-state index contributed by atoms with van der Waals surface area (Å²) in [4.78, 5) is 5.19. The van der Waals surface area contributed by atoms with Gasteiger partial charge in [-0.3, -0.25) is 0 Å². The molecule has 1 aromatic rings. The minimum atomic E-state index is 0.733. The van der Waals surface area contributed by atoms with Crippen LogP contribution in [0.4, 0.5) is 0 Å². The van der Waals surface area contributed by atoms with E-state index in [9.17, 15) is 0 Å². The lowest BCUT2D eigenvalue weighted by Gasteiger charge is -2.05. The quantitative estimate of drug-likeness (QED) is 0.754. The molecule has 0 amide bonds. The summed E-state index contributed by atoms with van der Waals surface area (Å²) in [5, 5.41) is 3.43. The molecule has 1 aliphatic rings. The summed E-state index contributed by atoms with van der Waals surface area (Å²) in [7, 11) is 0. The van der Waals surface area contributed by atoms with Crippen molar-refractivity contribution in [1.29, 1.82) is 0 Å². The Kier molecular flexibility index (Phi) is 3.04. The van der Waals surface area contributed by atoms with Gasteiger partial charge < -0.3 is 0 Å². The van der Waals surface area contributed by atoms with Crippen LogP contribution in [0.5, 0.6) is 0 Å². The molecule has 1 unspecified atom stereocenters. The Morgan fingerprint density at radius 3 is 3.00 bits per heavy atom. The molecule has 1 nitrogen and oxygen atoms in total. The van der Waals surface area contributed by atoms with Crippen molar-refractivity contribution in [1.82, 2.24) is 4.98 Å². The van der Waals surface area contributed by atoms with Crippen LogP contribution in [0, 0.1) is 12.8 Å². The first-order chi connectivity index (χ1) is 6.25. The van der Waals surface area contributed by atoms with Crippen molar-refractivity contribution < 1.29 is 0 Å². The van der Waals surface area contributed by atoms with E-state index in [-0.39, 0.29) is 0 Å². The number of aromatic nitrogens is 1. The third-order valence-corrected chi connectivity index (χ3v) is 4.67. The first-order valence-corrected chi connectivity index (χ1v) is 6.60. The lowest BCUT2D eigenvalue weighted by Crippen LogP contribution is -2.01. The van der Waals surface area contributed by atoms with Gasteiger partial charge in [0.2, 0.25) is 0 Å². The SMILES string of the molecule is Cc1csc(CCC(Br)C2CC2)n1. The standard InChI is InChI=1S/C10H14BrNS/c1-7-6-13-10(12-7)5-4-9(11)8-2-3-8/h6,8-9H,2-5H2,1H3. The highest BCUT2D eigenvalue weighted by Gasteiger charge is 2.28. The van der Waals surface area contributed by atoms with Crippen LogP contribution in [0.1, 0.15) is 30.0 Å². The van der Waals surface area contributed by atoms with Crippen molar-refractivity contribution >= 4 is 27.3 Å². The van der Waals surface area contributed by atoms with Gasteiger partial charge in [0.25, 0.3) is 0 Å². The highest BCUT2D eigenvalue weighted by molar-refractivity contribution is 9.09. The van der Waals surface area contributed by atoms with E-state index in [1.807, 2.05) is 0 Å². The van der Waals surface area contributed by atoms with Crippen LogP contribution in [0.25, 0.3) is 0 Å². The van der Waals surface area contributed by atoms with Gasteiger partial charge in [-0.05, 0) is 32.1 Å². The van der Waals surface area contributed by atoms with E-state index in [1.165, 1.54) is 24.3 Å². The number of thiazole rings is 1. The monoisotopic (exact) mass is 259 g/mol. The summed E-state index contributed by atoms with van der Waals surface area (Å²) in [5.41, 5.74) is 1.16. The maximum absolute atomic E-state index is 4.46. The van der Waals surface area contributed by atoms with E-state index < -0.39 is 0 Å². The zero-order valence-electron chi connectivity index (χ0n) is 7.79. The Labute approximate surface area is 91.7 Å². The van der Waals surface area contributed by atoms with Crippen molar-refractivity contribution in [2.24, 2.45) is 5.92 Å². The van der Waals surface area contributed by atoms with Crippen molar-refractivity contribution in [3.63, 3.8) is 0 Å². The Morgan fingerprint density at radius 1 is 1.69 bits per heavy atom. The van der Waals surface area contributed by atoms with Crippen LogP contribution in [0.2, 0.25) is 0 Å². The number of alkyl halides is 1. The van der Waals surface area contributed by atoms with E-state index in [4.69, 9.17) is 0 Å². The molecule has 1 aliphatic carbocycles. The van der Waals surface area contributed by atoms with Gasteiger partial charge in [0.1, 0.15) is 0 Å². The largest absolute Gasteiger partial charge is 0.247 e. The fourth-order valence-corrected chi connectivity index (χ4v) is 3.02. The molecule has 3 heteroatoms. The molecule has 0 aromatic carbocycles. The molecule has 0 bridgehead atoms. The fourth-order valence-electron chi connectivity index (χ4n) is 1.47. The number of rotatable bonds is 4. The first-order valence-electron chi connectivity index (χ1n) is 4.81. The molecule has 13 heavy (non-hydrogen) atoms. The van der Waals surface area contributed by atoms with E-state index in [0.717, 1.165) is 22.9 Å². The normalized spacial score (nSPS) is 18.9. The van der Waals surface area contributed by atoms with Crippen LogP contribution in [-0.2, 0) is 6.42 Å². The van der Waals surface area contributed by atoms with Crippen LogP contribution in [0.15, 0.2) is 5.38 Å². The third-order valence-electron chi connectivity index (χ3n) is 2.43. The third kappa shape index (κ3) is 2.78. The Hall–Kier alpha value is 0.110. The molecule has 2 rings (SSSR count). The number of halogens is 1. The summed E-state index contributed by atoms with van der Waals surface area (Å²) in [6, 6.07) is 0. The zero-order valence-corrected chi connectivity index (χ0v) is 10.2. The second-order valence-electron chi connectivity index (χ2n) is 3.77. The van der Waals surface area contributed by atoms with Crippen molar-refractivity contribution in [2.75, 3.05) is 0 Å². The molecule has 0 aliphatic heterocycles. The van der Waals surface area contributed by atoms with Gasteiger partial charge in [-0.1, -0.05) is 15.9 Å². The van der Waals surface area contributed by atoms with Crippen LogP contribution in [0.3, 0.4) is 0 Å². The number of aryl methyl sites for hydroxylation is 2. The van der Waals surface area contributed by atoms with Crippen LogP contribution < -0.4 is 0 Å². The Morgan fingerprint density at radius 2 is 2.46 bits per heavy atom. The minimum Gasteiger partial charge on any atom is -0.247 e. The highest BCUT2D eigenvalue weighted by Crippen LogP contribution is 2.38. The van der Waals surface area contributed by atoms with E-state index in [0.29, 0.717) is 0 Å². The summed E-state index contributed by atoms with van der Waals surface area (Å²) in [6.07, 6.45) is 5.24. The summed E-state index contributed by atoms with van der Waals surface area (Å²) in [5.74, 6) is 0.959. The molecule has 0 N–H and O–H groups in total. The predicted molar refractivity (Wildman–Crippen MR) is 60.6 cm³/mol. The summed E-state index contributed by atoms with van der Waals surface area (Å²) < 4.78 is 0. The van der Waals surface area contributed by atoms with Crippen molar-refractivity contribution in [3.8, 4) is 0 Å². The maximum atomic E-state index is 4.46.